The third kappa shape index (κ3) is 22.0. The number of fused-ring (bicyclic) bond motifs is 4. The molecule has 10 aromatic heterocycles. The number of aromatic nitrogens is 14. The first-order valence-electron chi connectivity index (χ1n) is 47.8. The van der Waals surface area contributed by atoms with Crippen LogP contribution in [0.1, 0.15) is 75.2 Å². The number of anilines is 12. The van der Waals surface area contributed by atoms with Crippen molar-refractivity contribution in [2.75, 3.05) is 202 Å². The summed E-state index contributed by atoms with van der Waals surface area (Å²) in [7, 11) is 15.0. The van der Waals surface area contributed by atoms with Gasteiger partial charge in [-0.2, -0.15) is 0 Å². The Morgan fingerprint density at radius 1 is 0.354 bits per heavy atom. The Morgan fingerprint density at radius 3 is 1.06 bits per heavy atom. The number of rotatable bonds is 23. The number of nitrogens with zero attached hydrogens (tertiary/aromatic N) is 22. The highest BCUT2D eigenvalue weighted by Crippen LogP contribution is 2.42. The van der Waals surface area contributed by atoms with Crippen molar-refractivity contribution >= 4 is 108 Å². The number of nitrogens with one attached hydrogen (secondary N) is 4. The molecule has 14 heterocycles. The molecule has 37 heteroatoms. The SMILES string of the molecule is C=C(C)c1c(C)nc2c(F)cc(-c3nc(Nc4ccc(N5CCN(C)CC5)cc4OC)ncc3F)cn12.COc1cc(N2CCN(C)CC2)ccc1Nc1ncc(F)c(-c2cc(F)c3cc(C)n(C(C)C)c3c2)n1.COc1cc(N2CCN(C)CC2)ccc1Nc1ncc(F)c(-c2cc(F)c3nc(C)cn3c2)n1.COc1cc(N2CCN(C)CC2)ccc1Nc1nccc(-c2cc(F)c3cc(C)n(C(C)C)c3c2)n1. The maximum absolute atomic E-state index is 15.1. The van der Waals surface area contributed by atoms with Gasteiger partial charge in [0.05, 0.1) is 104 Å². The predicted octanol–water partition coefficient (Wildman–Crippen LogP) is 20.2. The smallest absolute Gasteiger partial charge is 0.228 e. The summed E-state index contributed by atoms with van der Waals surface area (Å²) in [5, 5.41) is 13.8. The summed E-state index contributed by atoms with van der Waals surface area (Å²) in [5.41, 5.74) is 15.8. The van der Waals surface area contributed by atoms with E-state index in [4.69, 9.17) is 23.9 Å². The van der Waals surface area contributed by atoms with Crippen LogP contribution >= 0.6 is 0 Å². The monoisotopic (exact) mass is 1960 g/mol. The van der Waals surface area contributed by atoms with E-state index in [1.807, 2.05) is 124 Å². The maximum Gasteiger partial charge on any atom is 0.228 e. The zero-order valence-electron chi connectivity index (χ0n) is 84.0. The van der Waals surface area contributed by atoms with Gasteiger partial charge in [-0.05, 0) is 199 Å². The molecule has 4 aliphatic rings. The van der Waals surface area contributed by atoms with Crippen molar-refractivity contribution in [1.29, 1.82) is 0 Å². The number of hydrogen-bond donors (Lipinski definition) is 4. The number of benzene rings is 6. The quantitative estimate of drug-likeness (QED) is 0.0434. The Kier molecular flexibility index (Phi) is 30.2. The van der Waals surface area contributed by atoms with Gasteiger partial charge in [-0.1, -0.05) is 6.58 Å². The van der Waals surface area contributed by atoms with Crippen molar-refractivity contribution in [3.63, 3.8) is 0 Å². The van der Waals surface area contributed by atoms with Crippen molar-refractivity contribution in [1.82, 2.24) is 87.4 Å². The van der Waals surface area contributed by atoms with Crippen LogP contribution < -0.4 is 59.8 Å². The molecule has 4 aliphatic heterocycles. The van der Waals surface area contributed by atoms with Gasteiger partial charge in [-0.25, -0.2) is 80.6 Å². The van der Waals surface area contributed by atoms with Crippen molar-refractivity contribution in [3.8, 4) is 68.0 Å². The van der Waals surface area contributed by atoms with E-state index in [-0.39, 0.29) is 75.2 Å². The minimum absolute atomic E-state index is 0.0160. The number of halogens is 7. The minimum atomic E-state index is -0.671. The van der Waals surface area contributed by atoms with Crippen LogP contribution in [0.25, 0.3) is 83.7 Å². The van der Waals surface area contributed by atoms with Crippen LogP contribution in [-0.2, 0) is 0 Å². The highest BCUT2D eigenvalue weighted by molar-refractivity contribution is 5.89. The Balaban J connectivity index is 0.000000132. The number of imidazole rings is 2. The third-order valence-electron chi connectivity index (χ3n) is 26.3. The summed E-state index contributed by atoms with van der Waals surface area (Å²) in [5.74, 6) is -0.229. The van der Waals surface area contributed by atoms with E-state index in [0.29, 0.717) is 90.5 Å². The molecule has 20 rings (SSSR count). The van der Waals surface area contributed by atoms with Crippen molar-refractivity contribution in [2.45, 2.75) is 74.4 Å². The van der Waals surface area contributed by atoms with Gasteiger partial charge in [0, 0.05) is 233 Å². The van der Waals surface area contributed by atoms with Crippen LogP contribution in [0.4, 0.5) is 100 Å². The van der Waals surface area contributed by atoms with Gasteiger partial charge in [-0.15, -0.1) is 0 Å². The number of methoxy groups -OCH3 is 4. The van der Waals surface area contributed by atoms with Crippen LogP contribution in [0.5, 0.6) is 23.0 Å². The highest BCUT2D eigenvalue weighted by atomic mass is 19.2. The molecule has 0 unspecified atom stereocenters. The lowest BCUT2D eigenvalue weighted by atomic mass is 10.1. The number of ether oxygens (including phenoxy) is 4. The second kappa shape index (κ2) is 43.3. The Morgan fingerprint density at radius 2 is 0.694 bits per heavy atom. The molecule has 750 valence electrons. The van der Waals surface area contributed by atoms with Crippen LogP contribution in [0.2, 0.25) is 0 Å². The molecular formula is C107H119F7N26O4. The van der Waals surface area contributed by atoms with Crippen LogP contribution in [0.15, 0.2) is 177 Å². The molecule has 6 aromatic carbocycles. The van der Waals surface area contributed by atoms with Crippen molar-refractivity contribution in [2.24, 2.45) is 0 Å². The first-order valence-corrected chi connectivity index (χ1v) is 47.8. The number of aryl methyl sites for hydroxylation is 4. The molecule has 0 aliphatic carbocycles. The number of likely N-dealkylation sites (N-methyl/N-ethyl adjacent to an activating group) is 4. The third-order valence-corrected chi connectivity index (χ3v) is 26.3. The molecule has 4 saturated heterocycles. The van der Waals surface area contributed by atoms with Gasteiger partial charge in [0.1, 0.15) is 51.7 Å². The molecule has 0 bridgehead atoms. The predicted molar refractivity (Wildman–Crippen MR) is 556 cm³/mol. The van der Waals surface area contributed by atoms with Crippen molar-refractivity contribution < 1.29 is 49.7 Å². The van der Waals surface area contributed by atoms with E-state index in [0.717, 1.165) is 180 Å². The normalized spacial score (nSPS) is 14.5. The maximum atomic E-state index is 15.1. The number of allylic oxidation sites excluding steroid dienone is 1. The zero-order chi connectivity index (χ0) is 102. The summed E-state index contributed by atoms with van der Waals surface area (Å²) >= 11 is 0. The molecule has 0 atom stereocenters. The Hall–Kier alpha value is -15.2. The average Bonchev–Trinajstić information content (AvgIpc) is 1.62. The van der Waals surface area contributed by atoms with Gasteiger partial charge < -0.3 is 92.9 Å². The summed E-state index contributed by atoms with van der Waals surface area (Å²) in [6, 6.07) is 38.7. The standard InChI is InChI=1S/C28H32F2N6O.C28H33FN6O.C27H29F2N7O.C24H25F2N7O/c1-17(2)36-18(3)12-21-22(29)13-19(14-25(21)36)27-23(30)16-31-28(33-27)32-24-7-6-20(15-26(24)37-5)35-10-8-34(4)9-11-35;1-18(2)35-19(3)14-22-23(29)15-20(16-26(22)35)24-8-9-30-28(31-24)32-25-7-6-21(17-27(25)36-5)34-12-10-33(4)11-13-34;1-16(2)25-17(3)31-26-20(28)12-18(15-36(25)26)24-21(29)14-30-27(33-24)32-22-7-6-19(13-23(22)37-5)35-10-8-34(4)9-11-35;1-15-13-33-14-16(10-18(25)23(33)28-15)22-19(26)12-27-24(30-22)29-20-5-4-17(11-21(20)34-3)32-8-6-31(2)7-9-32/h6-7,12-17H,8-11H2,1-5H3,(H,31,32,33);6-9,14-18H,10-13H2,1-5H3,(H,30,31,32);6-7,12-15H,1,8-11H2,2-5H3,(H,30,32,33);4-5,10-14H,6-9H2,1-3H3,(H,27,29,30). The Labute approximate surface area is 831 Å². The Bertz CT molecular complexity index is 7400. The van der Waals surface area contributed by atoms with Crippen LogP contribution in [0, 0.1) is 68.4 Å². The van der Waals surface area contributed by atoms with Gasteiger partial charge in [0.25, 0.3) is 0 Å². The lowest BCUT2D eigenvalue weighted by Crippen LogP contribution is -2.44. The number of hydrogen-bond acceptors (Lipinski definition) is 26. The number of pyridine rings is 2. The lowest BCUT2D eigenvalue weighted by molar-refractivity contribution is 0.312. The second-order valence-electron chi connectivity index (χ2n) is 37.2. The fourth-order valence-corrected chi connectivity index (χ4v) is 18.8. The topological polar surface area (TPSA) is 259 Å². The first kappa shape index (κ1) is 100. The van der Waals surface area contributed by atoms with E-state index in [2.05, 4.69) is 165 Å². The summed E-state index contributed by atoms with van der Waals surface area (Å²) in [4.78, 5) is 61.4. The first-order chi connectivity index (χ1) is 69.2. The molecule has 4 fully saturated rings. The van der Waals surface area contributed by atoms with E-state index < -0.39 is 34.9 Å². The van der Waals surface area contributed by atoms with Gasteiger partial charge in [-0.3, -0.25) is 4.40 Å². The zero-order valence-corrected chi connectivity index (χ0v) is 84.0. The van der Waals surface area contributed by atoms with Crippen molar-refractivity contribution in [3.05, 3.63) is 247 Å². The fraction of sp³-hybridized carbons (Fsp3) is 0.327. The molecule has 4 N–H and O–H groups in total. The highest BCUT2D eigenvalue weighted by Gasteiger charge is 2.28. The van der Waals surface area contributed by atoms with Gasteiger partial charge in [0.2, 0.25) is 23.8 Å². The van der Waals surface area contributed by atoms with Crippen LogP contribution in [0.3, 0.4) is 0 Å². The summed E-state index contributed by atoms with van der Waals surface area (Å²) in [6.45, 7) is 37.2. The molecule has 16 aromatic rings. The van der Waals surface area contributed by atoms with Gasteiger partial charge in [0.15, 0.2) is 40.4 Å². The molecule has 0 radical (unpaired) electrons. The summed E-state index contributed by atoms with van der Waals surface area (Å²) < 4.78 is 134. The molecule has 144 heavy (non-hydrogen) atoms. The van der Waals surface area contributed by atoms with Gasteiger partial charge >= 0.3 is 0 Å². The molecular weight excluding hydrogens is 1850 g/mol. The average molecular weight is 1970 g/mol. The van der Waals surface area contributed by atoms with Crippen LogP contribution in [-0.4, -0.2) is 249 Å². The molecule has 0 amide bonds. The number of piperazine rings is 4. The van der Waals surface area contributed by atoms with E-state index >= 15 is 8.78 Å². The van der Waals surface area contributed by atoms with E-state index in [9.17, 15) is 22.0 Å². The minimum Gasteiger partial charge on any atom is -0.494 e. The molecule has 0 spiro atoms. The molecule has 0 saturated carbocycles. The lowest BCUT2D eigenvalue weighted by Gasteiger charge is -2.34. The molecule has 30 nitrogen and oxygen atoms in total. The largest absolute Gasteiger partial charge is 0.494 e. The fourth-order valence-electron chi connectivity index (χ4n) is 18.8. The summed E-state index contributed by atoms with van der Waals surface area (Å²) in [6.07, 6.45) is 9.80. The van der Waals surface area contributed by atoms with E-state index in [1.165, 1.54) is 22.6 Å². The second-order valence-corrected chi connectivity index (χ2v) is 37.2. The van der Waals surface area contributed by atoms with E-state index in [1.54, 1.807) is 89.7 Å².